The number of esters is 1. The van der Waals surface area contributed by atoms with Crippen molar-refractivity contribution < 1.29 is 36.3 Å². The largest absolute Gasteiger partial charge is 0.477 e. The molecule has 3 aromatic rings. The average molecular weight is 461 g/mol. The number of nitrogens with zero attached hydrogens (tertiary/aromatic N) is 2. The number of carbonyl (C=O) groups is 2. The van der Waals surface area contributed by atoms with Crippen LogP contribution in [0.3, 0.4) is 0 Å². The second-order valence-electron chi connectivity index (χ2n) is 6.52. The molecule has 0 unspecified atom stereocenters. The molecule has 0 saturated carbocycles. The summed E-state index contributed by atoms with van der Waals surface area (Å²) in [5, 5.41) is 8.96. The number of anilines is 1. The van der Waals surface area contributed by atoms with Gasteiger partial charge in [0.2, 0.25) is 10.0 Å². The van der Waals surface area contributed by atoms with E-state index in [-0.39, 0.29) is 39.3 Å². The number of ether oxygens (including phenoxy) is 2. The molecule has 0 aliphatic rings. The van der Waals surface area contributed by atoms with Gasteiger partial charge >= 0.3 is 12.1 Å². The van der Waals surface area contributed by atoms with E-state index in [1.807, 2.05) is 0 Å². The van der Waals surface area contributed by atoms with Gasteiger partial charge in [-0.3, -0.25) is 4.31 Å². The minimum absolute atomic E-state index is 0.0319. The highest BCUT2D eigenvalue weighted by atomic mass is 32.2. The zero-order valence-corrected chi connectivity index (χ0v) is 17.6. The fourth-order valence-electron chi connectivity index (χ4n) is 2.91. The Labute approximate surface area is 181 Å². The van der Waals surface area contributed by atoms with Crippen molar-refractivity contribution in [2.24, 2.45) is 5.73 Å². The maximum absolute atomic E-state index is 13.4. The molecule has 0 saturated heterocycles. The van der Waals surface area contributed by atoms with Crippen LogP contribution in [-0.2, 0) is 14.8 Å². The van der Waals surface area contributed by atoms with Crippen molar-refractivity contribution in [2.75, 3.05) is 24.2 Å². The van der Waals surface area contributed by atoms with Gasteiger partial charge in [-0.25, -0.2) is 22.4 Å². The van der Waals surface area contributed by atoms with E-state index in [4.69, 9.17) is 20.1 Å². The zero-order chi connectivity index (χ0) is 23.6. The van der Waals surface area contributed by atoms with E-state index in [1.165, 1.54) is 31.3 Å². The number of hydrogen-bond acceptors (Lipinski definition) is 8. The Balaban J connectivity index is 2.34. The number of furan rings is 1. The summed E-state index contributed by atoms with van der Waals surface area (Å²) in [4.78, 5) is 23.8. The highest BCUT2D eigenvalue weighted by molar-refractivity contribution is 7.92. The molecule has 10 nitrogen and oxygen atoms in total. The van der Waals surface area contributed by atoms with Crippen LogP contribution in [0.15, 0.2) is 40.8 Å². The van der Waals surface area contributed by atoms with E-state index in [9.17, 15) is 22.4 Å². The zero-order valence-electron chi connectivity index (χ0n) is 16.8. The fourth-order valence-corrected chi connectivity index (χ4v) is 3.41. The van der Waals surface area contributed by atoms with Crippen LogP contribution >= 0.6 is 0 Å². The van der Waals surface area contributed by atoms with Gasteiger partial charge in [0.1, 0.15) is 34.5 Å². The van der Waals surface area contributed by atoms with Gasteiger partial charge in [0.05, 0.1) is 11.9 Å². The van der Waals surface area contributed by atoms with Gasteiger partial charge in [0.15, 0.2) is 6.61 Å². The van der Waals surface area contributed by atoms with E-state index in [2.05, 4.69) is 4.74 Å². The first-order valence-electron chi connectivity index (χ1n) is 8.84. The second kappa shape index (κ2) is 8.56. The van der Waals surface area contributed by atoms with E-state index >= 15 is 0 Å². The lowest BCUT2D eigenvalue weighted by atomic mass is 10.0. The molecule has 0 fully saturated rings. The topological polar surface area (TPSA) is 153 Å². The molecule has 0 atom stereocenters. The molecule has 0 spiro atoms. The van der Waals surface area contributed by atoms with Gasteiger partial charge < -0.3 is 19.6 Å². The highest BCUT2D eigenvalue weighted by Gasteiger charge is 2.28. The van der Waals surface area contributed by atoms with Gasteiger partial charge in [0.25, 0.3) is 0 Å². The molecule has 1 heterocycles. The first-order valence-corrected chi connectivity index (χ1v) is 10.7. The molecule has 166 valence electrons. The third-order valence-electron chi connectivity index (χ3n) is 4.40. The van der Waals surface area contributed by atoms with Crippen molar-refractivity contribution >= 4 is 38.7 Å². The predicted molar refractivity (Wildman–Crippen MR) is 111 cm³/mol. The maximum atomic E-state index is 13.4. The molecule has 0 aliphatic carbocycles. The van der Waals surface area contributed by atoms with E-state index < -0.39 is 34.5 Å². The number of carbonyl (C=O) groups excluding carboxylic acids is 2. The summed E-state index contributed by atoms with van der Waals surface area (Å²) < 4.78 is 54.0. The average Bonchev–Trinajstić information content (AvgIpc) is 3.08. The van der Waals surface area contributed by atoms with Crippen molar-refractivity contribution in [3.05, 3.63) is 47.8 Å². The first-order chi connectivity index (χ1) is 15.0. The second-order valence-corrected chi connectivity index (χ2v) is 8.53. The number of halogens is 1. The summed E-state index contributed by atoms with van der Waals surface area (Å²) in [7, 11) is -2.46. The molecule has 2 aromatic carbocycles. The van der Waals surface area contributed by atoms with E-state index in [1.54, 1.807) is 6.07 Å². The summed E-state index contributed by atoms with van der Waals surface area (Å²) in [5.74, 6) is -1.80. The minimum atomic E-state index is -3.73. The molecular weight excluding hydrogens is 445 g/mol. The number of rotatable bonds is 6. The van der Waals surface area contributed by atoms with Gasteiger partial charge in [-0.05, 0) is 30.3 Å². The lowest BCUT2D eigenvalue weighted by Gasteiger charge is -2.19. The van der Waals surface area contributed by atoms with Crippen LogP contribution in [0.1, 0.15) is 10.4 Å². The van der Waals surface area contributed by atoms with Gasteiger partial charge in [0, 0.05) is 24.1 Å². The van der Waals surface area contributed by atoms with E-state index in [0.29, 0.717) is 0 Å². The first kappa shape index (κ1) is 22.6. The minimum Gasteiger partial charge on any atom is -0.477 e. The van der Waals surface area contributed by atoms with Crippen LogP contribution in [0, 0.1) is 17.1 Å². The molecular formula is C20H16FN3O7S. The van der Waals surface area contributed by atoms with Crippen molar-refractivity contribution in [2.45, 2.75) is 0 Å². The summed E-state index contributed by atoms with van der Waals surface area (Å²) in [5.41, 5.74) is 5.09. The molecule has 2 N–H and O–H groups in total. The molecule has 0 aliphatic heterocycles. The quantitative estimate of drug-likeness (QED) is 0.434. The number of hydrogen-bond donors (Lipinski definition) is 1. The normalized spacial score (nSPS) is 11.1. The lowest BCUT2D eigenvalue weighted by molar-refractivity contribution is 0.0640. The van der Waals surface area contributed by atoms with Gasteiger partial charge in [-0.15, -0.1) is 0 Å². The Hall–Kier alpha value is -4.11. The predicted octanol–water partition coefficient (Wildman–Crippen LogP) is 2.77. The van der Waals surface area contributed by atoms with Gasteiger partial charge in [-0.2, -0.15) is 5.26 Å². The third-order valence-corrected chi connectivity index (χ3v) is 5.59. The van der Waals surface area contributed by atoms with Crippen LogP contribution in [0.5, 0.6) is 5.75 Å². The van der Waals surface area contributed by atoms with Crippen molar-refractivity contribution in [1.82, 2.24) is 0 Å². The molecule has 12 heteroatoms. The van der Waals surface area contributed by atoms with Crippen LogP contribution in [0.2, 0.25) is 0 Å². The number of primary amides is 1. The third kappa shape index (κ3) is 4.47. The molecule has 0 radical (unpaired) electrons. The summed E-state index contributed by atoms with van der Waals surface area (Å²) in [6, 6.07) is 9.28. The molecule has 32 heavy (non-hydrogen) atoms. The SMILES string of the molecule is CN(c1cc2oc(-c3ccc(F)cc3)c(C(=O)OC(N)=O)c2cc1OCC#N)S(C)(=O)=O. The van der Waals surface area contributed by atoms with Crippen LogP contribution in [-0.4, -0.2) is 40.4 Å². The Morgan fingerprint density at radius 1 is 1.25 bits per heavy atom. The molecule has 1 aromatic heterocycles. The number of benzene rings is 2. The Morgan fingerprint density at radius 2 is 1.91 bits per heavy atom. The Morgan fingerprint density at radius 3 is 2.47 bits per heavy atom. The summed E-state index contributed by atoms with van der Waals surface area (Å²) in [6.45, 7) is -0.417. The van der Waals surface area contributed by atoms with Crippen molar-refractivity contribution in [3.8, 4) is 23.1 Å². The smallest absolute Gasteiger partial charge is 0.412 e. The number of nitrogens with two attached hydrogens (primary N) is 1. The van der Waals surface area contributed by atoms with Gasteiger partial charge in [-0.1, -0.05) is 0 Å². The van der Waals surface area contributed by atoms with Crippen LogP contribution in [0.25, 0.3) is 22.3 Å². The van der Waals surface area contributed by atoms with Crippen LogP contribution < -0.4 is 14.8 Å². The molecule has 0 bridgehead atoms. The number of amides is 1. The molecule has 3 rings (SSSR count). The summed E-state index contributed by atoms with van der Waals surface area (Å²) >= 11 is 0. The Bertz CT molecular complexity index is 1360. The highest BCUT2D eigenvalue weighted by Crippen LogP contribution is 2.41. The van der Waals surface area contributed by atoms with Crippen molar-refractivity contribution in [3.63, 3.8) is 0 Å². The standard InChI is InChI=1S/C20H16FN3O7S/c1-24(32(2,27)28)14-10-15-13(9-16(14)29-8-7-22)17(19(25)31-20(23)26)18(30-15)11-3-5-12(21)6-4-11/h3-6,9-10H,8H2,1-2H3,(H2,23,26). The van der Waals surface area contributed by atoms with Crippen molar-refractivity contribution in [1.29, 1.82) is 5.26 Å². The number of fused-ring (bicyclic) bond motifs is 1. The van der Waals surface area contributed by atoms with E-state index in [0.717, 1.165) is 22.7 Å². The lowest BCUT2D eigenvalue weighted by Crippen LogP contribution is -2.25. The number of sulfonamides is 1. The Kier molecular flexibility index (Phi) is 6.04. The fraction of sp³-hybridized carbons (Fsp3) is 0.150. The van der Waals surface area contributed by atoms with Crippen LogP contribution in [0.4, 0.5) is 14.9 Å². The number of nitriles is 1. The summed E-state index contributed by atoms with van der Waals surface area (Å²) in [6.07, 6.45) is -0.392. The molecule has 1 amide bonds. The monoisotopic (exact) mass is 461 g/mol. The maximum Gasteiger partial charge on any atom is 0.412 e.